The Kier molecular flexibility index (Phi) is 16.3. The van der Waals surface area contributed by atoms with Crippen LogP contribution in [-0.2, 0) is 55.9 Å². The number of esters is 2. The van der Waals surface area contributed by atoms with Crippen molar-refractivity contribution in [2.75, 3.05) is 6.61 Å². The van der Waals surface area contributed by atoms with E-state index in [1.807, 2.05) is 48.6 Å². The van der Waals surface area contributed by atoms with E-state index in [4.69, 9.17) is 23.8 Å². The molecule has 1 saturated carbocycles. The Bertz CT molecular complexity index is 1960. The fraction of sp³-hybridized carbons (Fsp3) is 0.633. The van der Waals surface area contributed by atoms with Gasteiger partial charge in [-0.15, -0.1) is 0 Å². The lowest BCUT2D eigenvalue weighted by atomic mass is 9.62. The van der Waals surface area contributed by atoms with E-state index in [0.717, 1.165) is 55.2 Å². The lowest BCUT2D eigenvalue weighted by Crippen LogP contribution is -2.71. The number of amides is 2. The maximum absolute atomic E-state index is 15.2. The summed E-state index contributed by atoms with van der Waals surface area (Å²) in [4.78, 5) is 62.9. The molecule has 1 aliphatic carbocycles. The number of allylic oxidation sites excluding steroid dienone is 1. The van der Waals surface area contributed by atoms with Gasteiger partial charge in [-0.3, -0.25) is 24.0 Å². The average Bonchev–Trinajstić information content (AvgIpc) is 3.80. The second kappa shape index (κ2) is 21.3. The number of aliphatic hydroxyl groups excluding tert-OH is 2. The first-order valence-corrected chi connectivity index (χ1v) is 23.2. The number of unbranched alkanes of at least 4 members (excludes halogenated alkanes) is 4. The highest BCUT2D eigenvalue weighted by molar-refractivity contribution is 5.96. The van der Waals surface area contributed by atoms with Crippen LogP contribution in [0, 0.1) is 5.41 Å². The van der Waals surface area contributed by atoms with Gasteiger partial charge in [0.2, 0.25) is 11.8 Å². The molecule has 0 aromatic heterocycles. The topological polar surface area (TPSA) is 202 Å². The number of rotatable bonds is 22. The number of benzene rings is 2. The predicted octanol–water partition coefficient (Wildman–Crippen LogP) is 5.55. The molecule has 2 aromatic carbocycles. The highest BCUT2D eigenvalue weighted by Gasteiger charge is 2.76. The van der Waals surface area contributed by atoms with Crippen molar-refractivity contribution in [3.8, 4) is 5.75 Å². The lowest BCUT2D eigenvalue weighted by Gasteiger charge is -2.49. The number of nitrogens with one attached hydrogen (secondary N) is 2. The molecule has 0 spiro atoms. The SMILES string of the molecule is CCCCCC1(CCCCC)O[C@@H]2[C@H](O1)[C@H]1ON(Cc3ccccc3C=CCc3ccccc3O)[C@@H]3C(=O)O[C@@H]2C[C@]13C(=O)N[C@@H](C(=O)N[C@H](CO)CCC(=O)OC(C)(C)C)[C@H](C)O. The van der Waals surface area contributed by atoms with E-state index in [-0.39, 0.29) is 31.6 Å². The number of aromatic hydroxyl groups is 1. The average molecular weight is 892 g/mol. The summed E-state index contributed by atoms with van der Waals surface area (Å²) in [5.74, 6) is -3.46. The molecule has 15 nitrogen and oxygen atoms in total. The van der Waals surface area contributed by atoms with Crippen LogP contribution in [0.4, 0.5) is 0 Å². The van der Waals surface area contributed by atoms with Crippen LogP contribution in [0.2, 0.25) is 0 Å². The summed E-state index contributed by atoms with van der Waals surface area (Å²) in [7, 11) is 0. The van der Waals surface area contributed by atoms with Crippen LogP contribution in [0.5, 0.6) is 5.75 Å². The Hall–Kier alpha value is -4.38. The van der Waals surface area contributed by atoms with E-state index in [0.29, 0.717) is 19.3 Å². The van der Waals surface area contributed by atoms with E-state index >= 15 is 4.79 Å². The van der Waals surface area contributed by atoms with Crippen molar-refractivity contribution in [3.63, 3.8) is 0 Å². The molecule has 0 radical (unpaired) electrons. The van der Waals surface area contributed by atoms with Gasteiger partial charge in [-0.05, 0) is 76.1 Å². The largest absolute Gasteiger partial charge is 0.508 e. The summed E-state index contributed by atoms with van der Waals surface area (Å²) in [6.45, 7) is 10.4. The van der Waals surface area contributed by atoms with Gasteiger partial charge < -0.3 is 44.9 Å². The Morgan fingerprint density at radius 3 is 2.25 bits per heavy atom. The van der Waals surface area contributed by atoms with Crippen LogP contribution in [0.1, 0.15) is 129 Å². The summed E-state index contributed by atoms with van der Waals surface area (Å²) >= 11 is 0. The van der Waals surface area contributed by atoms with Crippen LogP contribution in [0.15, 0.2) is 54.6 Å². The van der Waals surface area contributed by atoms with Crippen LogP contribution in [0.25, 0.3) is 6.08 Å². The summed E-state index contributed by atoms with van der Waals surface area (Å²) < 4.78 is 25.5. The van der Waals surface area contributed by atoms with Crippen LogP contribution in [-0.4, -0.2) is 111 Å². The zero-order valence-corrected chi connectivity index (χ0v) is 38.3. The Labute approximate surface area is 377 Å². The number of carbonyl (C=O) groups excluding carboxylic acids is 4. The number of hydrogen-bond donors (Lipinski definition) is 5. The second-order valence-electron chi connectivity index (χ2n) is 18.9. The maximum atomic E-state index is 15.2. The quantitative estimate of drug-likeness (QED) is 0.0728. The monoisotopic (exact) mass is 891 g/mol. The second-order valence-corrected chi connectivity index (χ2v) is 18.9. The van der Waals surface area contributed by atoms with Crippen molar-refractivity contribution in [1.29, 1.82) is 0 Å². The van der Waals surface area contributed by atoms with Gasteiger partial charge in [0.25, 0.3) is 0 Å². The van der Waals surface area contributed by atoms with E-state index in [2.05, 4.69) is 24.5 Å². The number of nitrogens with zero attached hydrogens (tertiary/aromatic N) is 1. The van der Waals surface area contributed by atoms with Crippen LogP contribution < -0.4 is 10.6 Å². The lowest BCUT2D eigenvalue weighted by molar-refractivity contribution is -0.224. The molecule has 2 amide bonds. The van der Waals surface area contributed by atoms with Crippen molar-refractivity contribution in [3.05, 3.63) is 71.3 Å². The predicted molar refractivity (Wildman–Crippen MR) is 237 cm³/mol. The van der Waals surface area contributed by atoms with Gasteiger partial charge >= 0.3 is 11.9 Å². The van der Waals surface area contributed by atoms with Crippen LogP contribution in [0.3, 0.4) is 0 Å². The molecule has 3 aliphatic heterocycles. The summed E-state index contributed by atoms with van der Waals surface area (Å²) in [5.41, 5.74) is 0.0210. The van der Waals surface area contributed by atoms with Gasteiger partial charge in [-0.1, -0.05) is 94.1 Å². The summed E-state index contributed by atoms with van der Waals surface area (Å²) in [6, 6.07) is 11.1. The molecule has 2 bridgehead atoms. The highest BCUT2D eigenvalue weighted by atomic mass is 16.8. The number of aliphatic hydroxyl groups is 2. The molecule has 4 fully saturated rings. The minimum absolute atomic E-state index is 0.00630. The molecule has 9 atom stereocenters. The number of carbonyl (C=O) groups is 4. The molecule has 15 heteroatoms. The first kappa shape index (κ1) is 49.1. The molecule has 64 heavy (non-hydrogen) atoms. The molecule has 2 aromatic rings. The third kappa shape index (κ3) is 11.2. The molecule has 6 rings (SSSR count). The first-order valence-electron chi connectivity index (χ1n) is 23.2. The minimum Gasteiger partial charge on any atom is -0.508 e. The molecule has 3 saturated heterocycles. The molecule has 5 N–H and O–H groups in total. The fourth-order valence-electron chi connectivity index (χ4n) is 9.57. The van der Waals surface area contributed by atoms with Crippen molar-refractivity contribution in [2.45, 2.75) is 185 Å². The number of hydroxylamine groups is 2. The molecule has 352 valence electrons. The van der Waals surface area contributed by atoms with Crippen molar-refractivity contribution >= 4 is 29.8 Å². The van der Waals surface area contributed by atoms with Crippen LogP contribution >= 0.6 is 0 Å². The third-order valence-electron chi connectivity index (χ3n) is 12.7. The Balaban J connectivity index is 1.31. The molecule has 3 heterocycles. The maximum Gasteiger partial charge on any atom is 0.327 e. The fourth-order valence-corrected chi connectivity index (χ4v) is 9.57. The Morgan fingerprint density at radius 1 is 0.953 bits per heavy atom. The normalized spacial score (nSPS) is 26.2. The number of fused-ring (bicyclic) bond motifs is 4. The van der Waals surface area contributed by atoms with Gasteiger partial charge in [0.05, 0.1) is 25.3 Å². The summed E-state index contributed by atoms with van der Waals surface area (Å²) in [6.07, 6.45) is 6.31. The first-order chi connectivity index (χ1) is 30.5. The highest BCUT2D eigenvalue weighted by Crippen LogP contribution is 2.58. The number of hydrogen-bond acceptors (Lipinski definition) is 13. The molecular formula is C49H69N3O12. The van der Waals surface area contributed by atoms with Crippen molar-refractivity contribution in [1.82, 2.24) is 15.7 Å². The van der Waals surface area contributed by atoms with E-state index in [1.54, 1.807) is 32.9 Å². The summed E-state index contributed by atoms with van der Waals surface area (Å²) in [5, 5.41) is 38.5. The minimum atomic E-state index is -1.65. The third-order valence-corrected chi connectivity index (χ3v) is 12.7. The van der Waals surface area contributed by atoms with Gasteiger partial charge in [0.15, 0.2) is 11.8 Å². The molecular weight excluding hydrogens is 823 g/mol. The number of phenols is 1. The van der Waals surface area contributed by atoms with Gasteiger partial charge in [-0.2, -0.15) is 5.06 Å². The smallest absolute Gasteiger partial charge is 0.327 e. The van der Waals surface area contributed by atoms with Gasteiger partial charge in [-0.25, -0.2) is 0 Å². The van der Waals surface area contributed by atoms with E-state index in [9.17, 15) is 29.7 Å². The van der Waals surface area contributed by atoms with Gasteiger partial charge in [0.1, 0.15) is 47.2 Å². The van der Waals surface area contributed by atoms with E-state index < -0.39 is 95.8 Å². The number of ether oxygens (including phenoxy) is 4. The molecule has 4 aliphatic rings. The standard InChI is InChI=1S/C49H69N3O12/c1-7-9-15-26-48(27-16-10-8-2)62-40-37-28-49(46(59)51-39(31(3)54)44(57)50-35(30-53)24-25-38(56)61-47(4,5)6)42(45(58)60-37)52(64-43(49)41(40)63-48)29-34-20-12-11-18-32(34)21-17-22-33-19-13-14-23-36(33)55/h11-14,17-21,23,31,35,37,39-43,53-55H,7-10,15-16,22,24-30H2,1-6H3,(H,50,57)(H,51,59)/t31-,35-,37+,39+,40-,41-,42+,43+,49+/m0/s1. The zero-order valence-electron chi connectivity index (χ0n) is 38.3. The van der Waals surface area contributed by atoms with Crippen molar-refractivity contribution < 1.29 is 58.3 Å². The Morgan fingerprint density at radius 2 is 1.61 bits per heavy atom. The zero-order chi connectivity index (χ0) is 46.2. The number of phenolic OH excluding ortho intramolecular Hbond substituents is 1. The molecule has 0 unspecified atom stereocenters. The van der Waals surface area contributed by atoms with Gasteiger partial charge in [0, 0.05) is 25.7 Å². The number of para-hydroxylation sites is 1. The van der Waals surface area contributed by atoms with Crippen molar-refractivity contribution in [2.24, 2.45) is 5.41 Å². The van der Waals surface area contributed by atoms with E-state index in [1.165, 1.54) is 12.0 Å².